The molecule has 2 N–H and O–H groups in total. The number of hydrogen-bond acceptors (Lipinski definition) is 4. The van der Waals surface area contributed by atoms with Crippen molar-refractivity contribution in [3.63, 3.8) is 0 Å². The Bertz CT molecular complexity index is 385. The van der Waals surface area contributed by atoms with Crippen LogP contribution in [0.1, 0.15) is 12.8 Å². The summed E-state index contributed by atoms with van der Waals surface area (Å²) in [6.45, 7) is 2.15. The molecule has 19 heavy (non-hydrogen) atoms. The number of β-amino-alcohol motifs (C(OH)–C–C–N with tert-alkyl or cyclic N) is 2. The molecule has 0 spiro atoms. The van der Waals surface area contributed by atoms with Gasteiger partial charge in [-0.25, -0.2) is 4.39 Å². The van der Waals surface area contributed by atoms with Crippen LogP contribution in [-0.2, 0) is 0 Å². The molecule has 0 aromatic heterocycles. The lowest BCUT2D eigenvalue weighted by Gasteiger charge is -2.31. The highest BCUT2D eigenvalue weighted by atomic mass is 19.1. The van der Waals surface area contributed by atoms with E-state index in [-0.39, 0.29) is 18.5 Å². The van der Waals surface area contributed by atoms with Crippen molar-refractivity contribution in [3.05, 3.63) is 30.1 Å². The largest absolute Gasteiger partial charge is 0.491 e. The van der Waals surface area contributed by atoms with E-state index in [1.165, 1.54) is 24.3 Å². The van der Waals surface area contributed by atoms with Gasteiger partial charge in [-0.15, -0.1) is 0 Å². The maximum Gasteiger partial charge on any atom is 0.123 e. The molecule has 1 aromatic rings. The first-order valence-corrected chi connectivity index (χ1v) is 6.60. The van der Waals surface area contributed by atoms with Crippen LogP contribution >= 0.6 is 0 Å². The number of likely N-dealkylation sites (tertiary alicyclic amines) is 1. The van der Waals surface area contributed by atoms with Crippen molar-refractivity contribution in [1.29, 1.82) is 0 Å². The van der Waals surface area contributed by atoms with Crippen LogP contribution in [0.15, 0.2) is 24.3 Å². The van der Waals surface area contributed by atoms with Crippen molar-refractivity contribution in [3.8, 4) is 5.75 Å². The molecule has 0 unspecified atom stereocenters. The Hall–Kier alpha value is -1.17. The van der Waals surface area contributed by atoms with Crippen LogP contribution in [0.25, 0.3) is 0 Å². The molecule has 0 aliphatic carbocycles. The molecule has 5 heteroatoms. The van der Waals surface area contributed by atoms with E-state index in [4.69, 9.17) is 4.74 Å². The first kappa shape index (κ1) is 14.2. The van der Waals surface area contributed by atoms with Crippen LogP contribution in [0.3, 0.4) is 0 Å². The number of benzene rings is 1. The van der Waals surface area contributed by atoms with E-state index in [9.17, 15) is 14.6 Å². The lowest BCUT2D eigenvalue weighted by atomic mass is 10.1. The Morgan fingerprint density at radius 2 is 2.11 bits per heavy atom. The number of aliphatic hydroxyl groups is 2. The summed E-state index contributed by atoms with van der Waals surface area (Å²) in [5.41, 5.74) is 0. The summed E-state index contributed by atoms with van der Waals surface area (Å²) in [6, 6.07) is 5.71. The van der Waals surface area contributed by atoms with Crippen molar-refractivity contribution in [2.24, 2.45) is 0 Å². The average Bonchev–Trinajstić information content (AvgIpc) is 2.38. The van der Waals surface area contributed by atoms with E-state index < -0.39 is 6.10 Å². The first-order valence-electron chi connectivity index (χ1n) is 6.60. The fraction of sp³-hybridized carbons (Fsp3) is 0.571. The number of ether oxygens (including phenoxy) is 1. The van der Waals surface area contributed by atoms with E-state index in [2.05, 4.69) is 0 Å². The lowest BCUT2D eigenvalue weighted by molar-refractivity contribution is 0.0243. The van der Waals surface area contributed by atoms with E-state index in [1.807, 2.05) is 4.90 Å². The summed E-state index contributed by atoms with van der Waals surface area (Å²) < 4.78 is 18.1. The van der Waals surface area contributed by atoms with E-state index >= 15 is 0 Å². The molecule has 1 aliphatic rings. The molecule has 0 bridgehead atoms. The van der Waals surface area contributed by atoms with Gasteiger partial charge >= 0.3 is 0 Å². The van der Waals surface area contributed by atoms with Gasteiger partial charge in [-0.1, -0.05) is 0 Å². The van der Waals surface area contributed by atoms with Crippen molar-refractivity contribution in [1.82, 2.24) is 4.90 Å². The lowest BCUT2D eigenvalue weighted by Crippen LogP contribution is -2.43. The third-order valence-corrected chi connectivity index (χ3v) is 3.21. The van der Waals surface area contributed by atoms with Gasteiger partial charge in [0.2, 0.25) is 0 Å². The molecule has 1 aromatic carbocycles. The normalized spacial score (nSPS) is 22.2. The van der Waals surface area contributed by atoms with Crippen molar-refractivity contribution in [2.75, 3.05) is 26.2 Å². The average molecular weight is 269 g/mol. The van der Waals surface area contributed by atoms with Crippen molar-refractivity contribution < 1.29 is 19.3 Å². The molecule has 0 saturated carbocycles. The molecule has 1 aliphatic heterocycles. The summed E-state index contributed by atoms with van der Waals surface area (Å²) in [4.78, 5) is 2.03. The van der Waals surface area contributed by atoms with E-state index in [0.29, 0.717) is 18.8 Å². The minimum Gasteiger partial charge on any atom is -0.491 e. The SMILES string of the molecule is O[C@H]1CCCN(C[C@@H](O)COc2ccc(F)cc2)C1. The number of hydrogen-bond donors (Lipinski definition) is 2. The van der Waals surface area contributed by atoms with Gasteiger partial charge in [0.25, 0.3) is 0 Å². The Kier molecular flexibility index (Phi) is 5.13. The zero-order valence-electron chi connectivity index (χ0n) is 10.8. The molecule has 0 radical (unpaired) electrons. The van der Waals surface area contributed by atoms with Crippen molar-refractivity contribution >= 4 is 0 Å². The number of rotatable bonds is 5. The smallest absolute Gasteiger partial charge is 0.123 e. The number of aliphatic hydroxyl groups excluding tert-OH is 2. The van der Waals surface area contributed by atoms with Crippen LogP contribution in [0.4, 0.5) is 4.39 Å². The number of piperidine rings is 1. The van der Waals surface area contributed by atoms with Gasteiger partial charge in [0.1, 0.15) is 24.3 Å². The fourth-order valence-corrected chi connectivity index (χ4v) is 2.27. The van der Waals surface area contributed by atoms with Crippen molar-refractivity contribution in [2.45, 2.75) is 25.0 Å². The second-order valence-electron chi connectivity index (χ2n) is 4.97. The van der Waals surface area contributed by atoms with E-state index in [1.54, 1.807) is 0 Å². The Labute approximate surface area is 112 Å². The van der Waals surface area contributed by atoms with Gasteiger partial charge in [0, 0.05) is 13.1 Å². The molecule has 1 fully saturated rings. The summed E-state index contributed by atoms with van der Waals surface area (Å²) >= 11 is 0. The molecule has 106 valence electrons. The molecule has 4 nitrogen and oxygen atoms in total. The van der Waals surface area contributed by atoms with Gasteiger partial charge in [-0.05, 0) is 43.7 Å². The van der Waals surface area contributed by atoms with Crippen LogP contribution in [0.5, 0.6) is 5.75 Å². The topological polar surface area (TPSA) is 52.9 Å². The second kappa shape index (κ2) is 6.84. The van der Waals surface area contributed by atoms with Crippen LogP contribution in [0, 0.1) is 5.82 Å². The van der Waals surface area contributed by atoms with Gasteiger partial charge in [-0.3, -0.25) is 4.90 Å². The van der Waals surface area contributed by atoms with Gasteiger partial charge in [-0.2, -0.15) is 0 Å². The molecule has 2 rings (SSSR count). The Morgan fingerprint density at radius 1 is 1.37 bits per heavy atom. The first-order chi connectivity index (χ1) is 9.13. The summed E-state index contributed by atoms with van der Waals surface area (Å²) in [5, 5.41) is 19.4. The van der Waals surface area contributed by atoms with Gasteiger partial charge < -0.3 is 14.9 Å². The highest BCUT2D eigenvalue weighted by Gasteiger charge is 2.20. The molecular weight excluding hydrogens is 249 g/mol. The molecule has 0 amide bonds. The summed E-state index contributed by atoms with van der Waals surface area (Å²) in [5.74, 6) is 0.231. The number of nitrogens with zero attached hydrogens (tertiary/aromatic N) is 1. The highest BCUT2D eigenvalue weighted by Crippen LogP contribution is 2.13. The van der Waals surface area contributed by atoms with Crippen LogP contribution in [0.2, 0.25) is 0 Å². The maximum atomic E-state index is 12.7. The quantitative estimate of drug-likeness (QED) is 0.838. The van der Waals surface area contributed by atoms with Gasteiger partial charge in [0.05, 0.1) is 6.10 Å². The zero-order valence-corrected chi connectivity index (χ0v) is 10.8. The van der Waals surface area contributed by atoms with Gasteiger partial charge in [0.15, 0.2) is 0 Å². The predicted octanol–water partition coefficient (Wildman–Crippen LogP) is 1.02. The summed E-state index contributed by atoms with van der Waals surface area (Å²) in [7, 11) is 0. The predicted molar refractivity (Wildman–Crippen MR) is 69.6 cm³/mol. The van der Waals surface area contributed by atoms with Crippen LogP contribution in [-0.4, -0.2) is 53.6 Å². The van der Waals surface area contributed by atoms with Crippen LogP contribution < -0.4 is 4.74 Å². The minimum atomic E-state index is -0.615. The Morgan fingerprint density at radius 3 is 2.79 bits per heavy atom. The third-order valence-electron chi connectivity index (χ3n) is 3.21. The monoisotopic (exact) mass is 269 g/mol. The van der Waals surface area contributed by atoms with E-state index in [0.717, 1.165) is 19.4 Å². The third kappa shape index (κ3) is 4.78. The maximum absolute atomic E-state index is 12.7. The molecule has 1 heterocycles. The molecule has 1 saturated heterocycles. The second-order valence-corrected chi connectivity index (χ2v) is 4.97. The fourth-order valence-electron chi connectivity index (χ4n) is 2.27. The zero-order chi connectivity index (χ0) is 13.7. The molecular formula is C14H20FNO3. The molecule has 2 atom stereocenters. The minimum absolute atomic E-state index is 0.165. The highest BCUT2D eigenvalue weighted by molar-refractivity contribution is 5.22. The summed E-state index contributed by atoms with van der Waals surface area (Å²) in [6.07, 6.45) is 0.875. The number of halogens is 1. The Balaban J connectivity index is 1.72. The standard InChI is InChI=1S/C14H20FNO3/c15-11-3-5-14(6-4-11)19-10-13(18)9-16-7-1-2-12(17)8-16/h3-6,12-13,17-18H,1-2,7-10H2/t12-,13+/m0/s1.